The minimum atomic E-state index is -0.227. The first-order valence-electron chi connectivity index (χ1n) is 5.55. The molecule has 1 heterocycles. The quantitative estimate of drug-likeness (QED) is 0.863. The molecule has 0 spiro atoms. The maximum Gasteiger partial charge on any atom is 0.139 e. The fourth-order valence-electron chi connectivity index (χ4n) is 2.03. The molecule has 2 nitrogen and oxygen atoms in total. The van der Waals surface area contributed by atoms with Crippen molar-refractivity contribution < 1.29 is 4.39 Å². The highest BCUT2D eigenvalue weighted by molar-refractivity contribution is 9.10. The third kappa shape index (κ3) is 2.48. The van der Waals surface area contributed by atoms with Gasteiger partial charge in [0.25, 0.3) is 0 Å². The van der Waals surface area contributed by atoms with E-state index in [4.69, 9.17) is 0 Å². The molecule has 0 saturated heterocycles. The summed E-state index contributed by atoms with van der Waals surface area (Å²) in [7, 11) is 0. The van der Waals surface area contributed by atoms with Gasteiger partial charge in [0.2, 0.25) is 0 Å². The van der Waals surface area contributed by atoms with Crippen molar-refractivity contribution in [1.82, 2.24) is 0 Å². The van der Waals surface area contributed by atoms with E-state index in [0.717, 1.165) is 24.3 Å². The van der Waals surface area contributed by atoms with Gasteiger partial charge in [0.15, 0.2) is 0 Å². The Kier molecular flexibility index (Phi) is 3.38. The van der Waals surface area contributed by atoms with Gasteiger partial charge in [-0.05, 0) is 34.3 Å². The Labute approximate surface area is 104 Å². The van der Waals surface area contributed by atoms with Crippen molar-refractivity contribution in [3.05, 3.63) is 22.4 Å². The van der Waals surface area contributed by atoms with E-state index in [1.165, 1.54) is 6.07 Å². The van der Waals surface area contributed by atoms with Crippen molar-refractivity contribution in [3.63, 3.8) is 0 Å². The SMILES string of the molecule is CC(C)CC1CNc2cc(F)c(Br)cc2N1. The lowest BCUT2D eigenvalue weighted by Crippen LogP contribution is -2.34. The highest BCUT2D eigenvalue weighted by Crippen LogP contribution is 2.32. The summed E-state index contributed by atoms with van der Waals surface area (Å²) >= 11 is 3.20. The number of rotatable bonds is 2. The molecule has 0 aromatic heterocycles. The van der Waals surface area contributed by atoms with Gasteiger partial charge in [-0.2, -0.15) is 0 Å². The van der Waals surface area contributed by atoms with Crippen molar-refractivity contribution >= 4 is 27.3 Å². The molecule has 1 unspecified atom stereocenters. The van der Waals surface area contributed by atoms with Crippen molar-refractivity contribution in [2.75, 3.05) is 17.2 Å². The van der Waals surface area contributed by atoms with Gasteiger partial charge in [-0.25, -0.2) is 4.39 Å². The van der Waals surface area contributed by atoms with E-state index in [1.807, 2.05) is 0 Å². The Morgan fingerprint density at radius 3 is 2.88 bits per heavy atom. The van der Waals surface area contributed by atoms with Crippen LogP contribution >= 0.6 is 15.9 Å². The molecule has 4 heteroatoms. The topological polar surface area (TPSA) is 24.1 Å². The Balaban J connectivity index is 2.17. The van der Waals surface area contributed by atoms with Gasteiger partial charge in [0, 0.05) is 18.7 Å². The van der Waals surface area contributed by atoms with E-state index in [9.17, 15) is 4.39 Å². The number of hydrogen-bond donors (Lipinski definition) is 2. The lowest BCUT2D eigenvalue weighted by Gasteiger charge is -2.29. The molecule has 0 radical (unpaired) electrons. The second-order valence-electron chi connectivity index (χ2n) is 4.66. The first kappa shape index (κ1) is 11.7. The van der Waals surface area contributed by atoms with Crippen LogP contribution in [0.5, 0.6) is 0 Å². The molecule has 0 amide bonds. The fraction of sp³-hybridized carbons (Fsp3) is 0.500. The highest BCUT2D eigenvalue weighted by atomic mass is 79.9. The largest absolute Gasteiger partial charge is 0.381 e. The summed E-state index contributed by atoms with van der Waals surface area (Å²) in [5.41, 5.74) is 1.82. The molecule has 2 rings (SSSR count). The first-order valence-corrected chi connectivity index (χ1v) is 6.35. The zero-order chi connectivity index (χ0) is 11.7. The van der Waals surface area contributed by atoms with Crippen molar-refractivity contribution in [3.8, 4) is 0 Å². The molecule has 2 N–H and O–H groups in total. The van der Waals surface area contributed by atoms with Crippen LogP contribution in [0.15, 0.2) is 16.6 Å². The van der Waals surface area contributed by atoms with E-state index in [1.54, 1.807) is 6.07 Å². The minimum absolute atomic E-state index is 0.227. The third-order valence-electron chi connectivity index (χ3n) is 2.71. The van der Waals surface area contributed by atoms with Crippen LogP contribution in [0, 0.1) is 11.7 Å². The fourth-order valence-corrected chi connectivity index (χ4v) is 2.37. The van der Waals surface area contributed by atoms with Gasteiger partial charge in [-0.3, -0.25) is 0 Å². The van der Waals surface area contributed by atoms with Gasteiger partial charge in [0.05, 0.1) is 15.8 Å². The summed E-state index contributed by atoms with van der Waals surface area (Å²) in [5.74, 6) is 0.431. The molecule has 88 valence electrons. The lowest BCUT2D eigenvalue weighted by atomic mass is 10.0. The number of anilines is 2. The molecule has 1 aromatic carbocycles. The number of hydrogen-bond acceptors (Lipinski definition) is 2. The van der Waals surface area contributed by atoms with Crippen LogP contribution in [0.2, 0.25) is 0 Å². The summed E-state index contributed by atoms with van der Waals surface area (Å²) in [4.78, 5) is 0. The number of fused-ring (bicyclic) bond motifs is 1. The van der Waals surface area contributed by atoms with Gasteiger partial charge >= 0.3 is 0 Å². The van der Waals surface area contributed by atoms with Crippen LogP contribution in [0.1, 0.15) is 20.3 Å². The van der Waals surface area contributed by atoms with Crippen molar-refractivity contribution in [1.29, 1.82) is 0 Å². The van der Waals surface area contributed by atoms with Gasteiger partial charge < -0.3 is 10.6 Å². The van der Waals surface area contributed by atoms with Crippen LogP contribution in [-0.4, -0.2) is 12.6 Å². The lowest BCUT2D eigenvalue weighted by molar-refractivity contribution is 0.524. The number of benzene rings is 1. The van der Waals surface area contributed by atoms with E-state index in [2.05, 4.69) is 40.4 Å². The predicted octanol–water partition coefficient (Wildman–Crippen LogP) is 3.84. The van der Waals surface area contributed by atoms with Crippen LogP contribution in [0.3, 0.4) is 0 Å². The molecule has 1 aliphatic rings. The maximum atomic E-state index is 13.3. The van der Waals surface area contributed by atoms with E-state index < -0.39 is 0 Å². The summed E-state index contributed by atoms with van der Waals surface area (Å²) in [5, 5.41) is 6.70. The monoisotopic (exact) mass is 286 g/mol. The van der Waals surface area contributed by atoms with Crippen LogP contribution < -0.4 is 10.6 Å². The Morgan fingerprint density at radius 1 is 1.44 bits per heavy atom. The Bertz CT molecular complexity index is 393. The zero-order valence-electron chi connectivity index (χ0n) is 9.48. The summed E-state index contributed by atoms with van der Waals surface area (Å²) in [6.07, 6.45) is 1.11. The van der Waals surface area contributed by atoms with Crippen molar-refractivity contribution in [2.45, 2.75) is 26.3 Å². The number of halogens is 2. The second kappa shape index (κ2) is 4.62. The first-order chi connectivity index (χ1) is 7.56. The van der Waals surface area contributed by atoms with Crippen molar-refractivity contribution in [2.24, 2.45) is 5.92 Å². The smallest absolute Gasteiger partial charge is 0.139 e. The molecule has 1 atom stereocenters. The summed E-state index contributed by atoms with van der Waals surface area (Å²) in [6, 6.07) is 3.74. The molecule has 0 saturated carbocycles. The predicted molar refractivity (Wildman–Crippen MR) is 69.5 cm³/mol. The highest BCUT2D eigenvalue weighted by Gasteiger charge is 2.19. The van der Waals surface area contributed by atoms with Crippen LogP contribution in [0.4, 0.5) is 15.8 Å². The van der Waals surface area contributed by atoms with Gasteiger partial charge in [0.1, 0.15) is 5.82 Å². The second-order valence-corrected chi connectivity index (χ2v) is 5.52. The molecule has 1 aliphatic heterocycles. The van der Waals surface area contributed by atoms with Crippen LogP contribution in [-0.2, 0) is 0 Å². The molecular formula is C12H16BrFN2. The molecule has 0 fully saturated rings. The Hall–Kier alpha value is -0.770. The summed E-state index contributed by atoms with van der Waals surface area (Å²) < 4.78 is 13.8. The third-order valence-corrected chi connectivity index (χ3v) is 3.32. The normalized spacial score (nSPS) is 18.9. The minimum Gasteiger partial charge on any atom is -0.381 e. The number of nitrogens with one attached hydrogen (secondary N) is 2. The van der Waals surface area contributed by atoms with Gasteiger partial charge in [-0.15, -0.1) is 0 Å². The van der Waals surface area contributed by atoms with E-state index >= 15 is 0 Å². The van der Waals surface area contributed by atoms with E-state index in [-0.39, 0.29) is 5.82 Å². The molecule has 16 heavy (non-hydrogen) atoms. The van der Waals surface area contributed by atoms with Crippen LogP contribution in [0.25, 0.3) is 0 Å². The standard InChI is InChI=1S/C12H16BrFN2/c1-7(2)3-8-6-15-11-5-10(14)9(13)4-12(11)16-8/h4-5,7-8,15-16H,3,6H2,1-2H3. The van der Waals surface area contributed by atoms with Gasteiger partial charge in [-0.1, -0.05) is 13.8 Å². The average Bonchev–Trinajstić information content (AvgIpc) is 2.19. The average molecular weight is 287 g/mol. The maximum absolute atomic E-state index is 13.3. The molecule has 1 aromatic rings. The van der Waals surface area contributed by atoms with E-state index in [0.29, 0.717) is 16.4 Å². The Morgan fingerprint density at radius 2 is 2.19 bits per heavy atom. The molecule has 0 bridgehead atoms. The summed E-state index contributed by atoms with van der Waals surface area (Å²) in [6.45, 7) is 5.27. The zero-order valence-corrected chi connectivity index (χ0v) is 11.1. The molecule has 0 aliphatic carbocycles. The molecular weight excluding hydrogens is 271 g/mol.